The van der Waals surface area contributed by atoms with Crippen LogP contribution in [0.2, 0.25) is 0 Å². The minimum absolute atomic E-state index is 0.111. The van der Waals surface area contributed by atoms with E-state index in [4.69, 9.17) is 5.73 Å². The van der Waals surface area contributed by atoms with Gasteiger partial charge in [-0.15, -0.1) is 0 Å². The molecule has 0 aromatic carbocycles. The van der Waals surface area contributed by atoms with Crippen molar-refractivity contribution in [2.24, 2.45) is 11.1 Å². The first-order valence-corrected chi connectivity index (χ1v) is 2.65. The molecule has 0 spiro atoms. The molecule has 0 saturated heterocycles. The molecule has 0 aliphatic heterocycles. The van der Waals surface area contributed by atoms with Crippen molar-refractivity contribution in [3.8, 4) is 0 Å². The summed E-state index contributed by atoms with van der Waals surface area (Å²) in [5.41, 5.74) is 4.93. The SMILES string of the molecule is CC(N)C(C)(C)[C]=O. The highest BCUT2D eigenvalue weighted by Crippen LogP contribution is 2.13. The highest BCUT2D eigenvalue weighted by Gasteiger charge is 2.22. The maximum atomic E-state index is 10.1. The molecule has 2 nitrogen and oxygen atoms in total. The molecule has 2 heteroatoms. The number of hydrogen-bond donors (Lipinski definition) is 1. The van der Waals surface area contributed by atoms with E-state index in [1.54, 1.807) is 20.8 Å². The zero-order valence-electron chi connectivity index (χ0n) is 5.56. The predicted octanol–water partition coefficient (Wildman–Crippen LogP) is 0.470. The van der Waals surface area contributed by atoms with Crippen LogP contribution in [0.4, 0.5) is 0 Å². The van der Waals surface area contributed by atoms with Gasteiger partial charge >= 0.3 is 0 Å². The molecule has 0 aromatic rings. The topological polar surface area (TPSA) is 43.1 Å². The van der Waals surface area contributed by atoms with Crippen molar-refractivity contribution in [3.05, 3.63) is 0 Å². The van der Waals surface area contributed by atoms with Crippen LogP contribution in [0.15, 0.2) is 0 Å². The summed E-state index contributed by atoms with van der Waals surface area (Å²) < 4.78 is 0. The lowest BCUT2D eigenvalue weighted by Crippen LogP contribution is -2.35. The first-order chi connectivity index (χ1) is 3.50. The Morgan fingerprint density at radius 3 is 2.00 bits per heavy atom. The predicted molar refractivity (Wildman–Crippen MR) is 33.1 cm³/mol. The quantitative estimate of drug-likeness (QED) is 0.567. The summed E-state index contributed by atoms with van der Waals surface area (Å²) in [6.45, 7) is 5.33. The second kappa shape index (κ2) is 2.27. The zero-order chi connectivity index (χ0) is 6.78. The average molecular weight is 114 g/mol. The van der Waals surface area contributed by atoms with E-state index >= 15 is 0 Å². The molecule has 0 aliphatic rings. The molecule has 0 aliphatic carbocycles. The number of carbonyl (C=O) groups excluding carboxylic acids is 1. The lowest BCUT2D eigenvalue weighted by atomic mass is 9.88. The van der Waals surface area contributed by atoms with Crippen LogP contribution in [0, 0.1) is 5.41 Å². The summed E-state index contributed by atoms with van der Waals surface area (Å²) in [4.78, 5) is 10.1. The van der Waals surface area contributed by atoms with E-state index in [9.17, 15) is 4.79 Å². The number of rotatable bonds is 2. The molecule has 0 amide bonds. The fraction of sp³-hybridized carbons (Fsp3) is 0.833. The van der Waals surface area contributed by atoms with Gasteiger partial charge in [0.2, 0.25) is 6.29 Å². The maximum Gasteiger partial charge on any atom is 0.206 e. The van der Waals surface area contributed by atoms with Gasteiger partial charge in [-0.3, -0.25) is 4.79 Å². The van der Waals surface area contributed by atoms with Crippen molar-refractivity contribution in [2.75, 3.05) is 0 Å². The van der Waals surface area contributed by atoms with Crippen LogP contribution in [-0.2, 0) is 4.79 Å². The lowest BCUT2D eigenvalue weighted by Gasteiger charge is -2.19. The molecule has 1 atom stereocenters. The third-order valence-corrected chi connectivity index (χ3v) is 1.40. The normalized spacial score (nSPS) is 15.5. The fourth-order valence-corrected chi connectivity index (χ4v) is 0.0929. The fourth-order valence-electron chi connectivity index (χ4n) is 0.0929. The van der Waals surface area contributed by atoms with Gasteiger partial charge in [0, 0.05) is 11.5 Å². The summed E-state index contributed by atoms with van der Waals surface area (Å²) in [7, 11) is 0. The van der Waals surface area contributed by atoms with Crippen molar-refractivity contribution in [3.63, 3.8) is 0 Å². The Kier molecular flexibility index (Phi) is 2.16. The van der Waals surface area contributed by atoms with Gasteiger partial charge < -0.3 is 5.73 Å². The molecule has 8 heavy (non-hydrogen) atoms. The van der Waals surface area contributed by atoms with Gasteiger partial charge in [0.25, 0.3) is 0 Å². The van der Waals surface area contributed by atoms with E-state index < -0.39 is 5.41 Å². The molecule has 0 heterocycles. The third kappa shape index (κ3) is 1.62. The summed E-state index contributed by atoms with van der Waals surface area (Å²) in [5.74, 6) is 0. The summed E-state index contributed by atoms with van der Waals surface area (Å²) >= 11 is 0. The highest BCUT2D eigenvalue weighted by molar-refractivity contribution is 5.59. The van der Waals surface area contributed by atoms with Crippen LogP contribution >= 0.6 is 0 Å². The molecule has 1 radical (unpaired) electrons. The molecule has 47 valence electrons. The van der Waals surface area contributed by atoms with Crippen LogP contribution in [0.3, 0.4) is 0 Å². The Morgan fingerprint density at radius 2 is 2.00 bits per heavy atom. The van der Waals surface area contributed by atoms with Crippen LogP contribution in [-0.4, -0.2) is 12.3 Å². The average Bonchev–Trinajstić information content (AvgIpc) is 1.67. The van der Waals surface area contributed by atoms with Gasteiger partial charge in [-0.05, 0) is 6.92 Å². The van der Waals surface area contributed by atoms with E-state index in [1.807, 2.05) is 6.29 Å². The zero-order valence-corrected chi connectivity index (χ0v) is 5.56. The van der Waals surface area contributed by atoms with Gasteiger partial charge in [-0.1, -0.05) is 13.8 Å². The Balaban J connectivity index is 3.90. The number of hydrogen-bond acceptors (Lipinski definition) is 2. The van der Waals surface area contributed by atoms with Crippen molar-refractivity contribution in [2.45, 2.75) is 26.8 Å². The lowest BCUT2D eigenvalue weighted by molar-refractivity contribution is 0.393. The van der Waals surface area contributed by atoms with E-state index in [0.29, 0.717) is 0 Å². The van der Waals surface area contributed by atoms with Crippen LogP contribution in [0.25, 0.3) is 0 Å². The Morgan fingerprint density at radius 1 is 1.62 bits per heavy atom. The van der Waals surface area contributed by atoms with E-state index in [-0.39, 0.29) is 6.04 Å². The molecule has 2 N–H and O–H groups in total. The molecular weight excluding hydrogens is 102 g/mol. The second-order valence-corrected chi connectivity index (χ2v) is 2.61. The highest BCUT2D eigenvalue weighted by atomic mass is 16.1. The van der Waals surface area contributed by atoms with E-state index in [1.165, 1.54) is 0 Å². The van der Waals surface area contributed by atoms with E-state index in [2.05, 4.69) is 0 Å². The largest absolute Gasteiger partial charge is 0.327 e. The first-order valence-electron chi connectivity index (χ1n) is 2.65. The molecular formula is C6H12NO. The molecule has 1 unspecified atom stereocenters. The summed E-state index contributed by atoms with van der Waals surface area (Å²) in [6, 6.07) is -0.111. The molecule has 0 aromatic heterocycles. The van der Waals surface area contributed by atoms with Gasteiger partial charge in [-0.25, -0.2) is 0 Å². The molecule has 0 saturated carbocycles. The van der Waals surface area contributed by atoms with Crippen LogP contribution in [0.5, 0.6) is 0 Å². The molecule has 0 rings (SSSR count). The first kappa shape index (κ1) is 7.63. The molecule has 0 fully saturated rings. The minimum Gasteiger partial charge on any atom is -0.327 e. The number of nitrogens with two attached hydrogens (primary N) is 1. The summed E-state index contributed by atoms with van der Waals surface area (Å²) in [6.07, 6.45) is 1.87. The molecule has 0 bridgehead atoms. The van der Waals surface area contributed by atoms with Crippen LogP contribution < -0.4 is 5.73 Å². The van der Waals surface area contributed by atoms with Gasteiger partial charge in [-0.2, -0.15) is 0 Å². The maximum absolute atomic E-state index is 10.1. The monoisotopic (exact) mass is 114 g/mol. The van der Waals surface area contributed by atoms with Crippen molar-refractivity contribution >= 4 is 6.29 Å². The summed E-state index contributed by atoms with van der Waals surface area (Å²) in [5, 5.41) is 0. The Labute approximate surface area is 50.1 Å². The standard InChI is InChI=1S/C6H12NO/c1-5(7)6(2,3)4-8/h5H,7H2,1-3H3. The van der Waals surface area contributed by atoms with Gasteiger partial charge in [0.1, 0.15) is 0 Å². The van der Waals surface area contributed by atoms with Crippen molar-refractivity contribution in [1.29, 1.82) is 0 Å². The third-order valence-electron chi connectivity index (χ3n) is 1.40. The second-order valence-electron chi connectivity index (χ2n) is 2.61. The van der Waals surface area contributed by atoms with Gasteiger partial charge in [0.05, 0.1) is 0 Å². The van der Waals surface area contributed by atoms with Gasteiger partial charge in [0.15, 0.2) is 0 Å². The van der Waals surface area contributed by atoms with E-state index in [0.717, 1.165) is 0 Å². The Hall–Kier alpha value is -0.370. The van der Waals surface area contributed by atoms with Crippen LogP contribution in [0.1, 0.15) is 20.8 Å². The Bertz CT molecular complexity index is 86.5. The smallest absolute Gasteiger partial charge is 0.206 e. The van der Waals surface area contributed by atoms with Crippen molar-refractivity contribution < 1.29 is 4.79 Å². The minimum atomic E-state index is -0.486. The van der Waals surface area contributed by atoms with Crippen molar-refractivity contribution in [1.82, 2.24) is 0 Å².